The molecule has 0 N–H and O–H groups in total. The Morgan fingerprint density at radius 1 is 0.739 bits per heavy atom. The third kappa shape index (κ3) is 5.07. The minimum atomic E-state index is 0.331. The minimum Gasteiger partial charge on any atom is -0.374 e. The van der Waals surface area contributed by atoms with E-state index in [4.69, 9.17) is 4.74 Å². The zero-order valence-corrected chi connectivity index (χ0v) is 13.8. The molecule has 1 aliphatic rings. The normalized spacial score (nSPS) is 21.3. The summed E-state index contributed by atoms with van der Waals surface area (Å²) in [6, 6.07) is 21.4. The summed E-state index contributed by atoms with van der Waals surface area (Å²) in [5.74, 6) is 0. The van der Waals surface area contributed by atoms with E-state index < -0.39 is 0 Å². The molecule has 3 rings (SSSR count). The Bertz CT molecular complexity index is 549. The quantitative estimate of drug-likeness (QED) is 0.653. The summed E-state index contributed by atoms with van der Waals surface area (Å²) < 4.78 is 6.34. The molecule has 0 amide bonds. The Morgan fingerprint density at radius 2 is 1.17 bits per heavy atom. The monoisotopic (exact) mass is 306 g/mol. The lowest BCUT2D eigenvalue weighted by molar-refractivity contribution is -0.0377. The van der Waals surface area contributed by atoms with Crippen LogP contribution >= 0.6 is 0 Å². The lowest BCUT2D eigenvalue weighted by atomic mass is 9.93. The van der Waals surface area contributed by atoms with Gasteiger partial charge in [0.1, 0.15) is 0 Å². The molecule has 1 aliphatic heterocycles. The first kappa shape index (κ1) is 16.0. The molecule has 1 saturated heterocycles. The van der Waals surface area contributed by atoms with Crippen molar-refractivity contribution in [1.82, 2.24) is 0 Å². The van der Waals surface area contributed by atoms with E-state index in [1.807, 2.05) is 0 Å². The van der Waals surface area contributed by atoms with Crippen LogP contribution in [0.1, 0.15) is 36.8 Å². The summed E-state index contributed by atoms with van der Waals surface area (Å²) in [6.07, 6.45) is 7.06. The zero-order valence-electron chi connectivity index (χ0n) is 13.8. The van der Waals surface area contributed by atoms with Crippen molar-refractivity contribution in [2.75, 3.05) is 0 Å². The van der Waals surface area contributed by atoms with Gasteiger partial charge in [0.15, 0.2) is 0 Å². The molecule has 0 aliphatic carbocycles. The maximum absolute atomic E-state index is 6.34. The van der Waals surface area contributed by atoms with Gasteiger partial charge in [-0.3, -0.25) is 0 Å². The molecule has 120 valence electrons. The van der Waals surface area contributed by atoms with Gasteiger partial charge in [0.05, 0.1) is 12.2 Å². The van der Waals surface area contributed by atoms with Crippen molar-refractivity contribution in [3.05, 3.63) is 83.9 Å². The first-order valence-electron chi connectivity index (χ1n) is 8.69. The fourth-order valence-corrected chi connectivity index (χ4v) is 3.38. The number of hydrogen-bond donors (Lipinski definition) is 0. The zero-order chi connectivity index (χ0) is 15.9. The van der Waals surface area contributed by atoms with E-state index >= 15 is 0 Å². The highest BCUT2D eigenvalue weighted by Crippen LogP contribution is 2.28. The van der Waals surface area contributed by atoms with Crippen LogP contribution in [0.3, 0.4) is 0 Å². The highest BCUT2D eigenvalue weighted by atomic mass is 16.5. The number of benzene rings is 2. The predicted octanol–water partition coefficient (Wildman–Crippen LogP) is 5.36. The smallest absolute Gasteiger partial charge is 0.0619 e. The second-order valence-corrected chi connectivity index (χ2v) is 6.59. The average molecular weight is 306 g/mol. The predicted molar refractivity (Wildman–Crippen MR) is 96.6 cm³/mol. The molecule has 1 nitrogen and oxygen atoms in total. The van der Waals surface area contributed by atoms with Crippen molar-refractivity contribution in [3.63, 3.8) is 0 Å². The van der Waals surface area contributed by atoms with Crippen LogP contribution in [0.15, 0.2) is 72.8 Å². The fraction of sp³-hybridized carbons (Fsp3) is 0.364. The van der Waals surface area contributed by atoms with E-state index in [0.29, 0.717) is 12.2 Å². The number of aryl methyl sites for hydroxylation is 2. The van der Waals surface area contributed by atoms with E-state index in [1.54, 1.807) is 0 Å². The van der Waals surface area contributed by atoms with Gasteiger partial charge >= 0.3 is 0 Å². The molecule has 2 aromatic carbocycles. The summed E-state index contributed by atoms with van der Waals surface area (Å²) in [6.45, 7) is 4.24. The first-order chi connectivity index (χ1) is 11.3. The number of hydrogen-bond acceptors (Lipinski definition) is 1. The van der Waals surface area contributed by atoms with Crippen LogP contribution in [0.25, 0.3) is 0 Å². The van der Waals surface area contributed by atoms with Crippen LogP contribution in [0, 0.1) is 0 Å². The summed E-state index contributed by atoms with van der Waals surface area (Å²) in [5.41, 5.74) is 4.15. The Labute approximate surface area is 140 Å². The Hall–Kier alpha value is -1.86. The van der Waals surface area contributed by atoms with Gasteiger partial charge in [-0.05, 0) is 49.7 Å². The summed E-state index contributed by atoms with van der Waals surface area (Å²) in [5, 5.41) is 0. The molecule has 0 bridgehead atoms. The molecule has 1 heteroatoms. The summed E-state index contributed by atoms with van der Waals surface area (Å²) >= 11 is 0. The largest absolute Gasteiger partial charge is 0.374 e. The van der Waals surface area contributed by atoms with Crippen LogP contribution in [0.4, 0.5) is 0 Å². The van der Waals surface area contributed by atoms with Gasteiger partial charge in [0.2, 0.25) is 0 Å². The van der Waals surface area contributed by atoms with Crippen molar-refractivity contribution in [3.8, 4) is 0 Å². The molecule has 1 fully saturated rings. The fourth-order valence-electron chi connectivity index (χ4n) is 3.38. The van der Waals surface area contributed by atoms with Gasteiger partial charge in [-0.15, -0.1) is 0 Å². The van der Waals surface area contributed by atoms with Crippen LogP contribution < -0.4 is 0 Å². The topological polar surface area (TPSA) is 9.23 Å². The van der Waals surface area contributed by atoms with Crippen LogP contribution in [-0.4, -0.2) is 12.2 Å². The number of rotatable bonds is 6. The van der Waals surface area contributed by atoms with E-state index in [2.05, 4.69) is 67.2 Å². The van der Waals surface area contributed by atoms with Crippen LogP contribution in [0.2, 0.25) is 0 Å². The van der Waals surface area contributed by atoms with Crippen molar-refractivity contribution in [1.29, 1.82) is 0 Å². The molecule has 23 heavy (non-hydrogen) atoms. The third-order valence-corrected chi connectivity index (χ3v) is 4.61. The molecule has 1 heterocycles. The average Bonchev–Trinajstić information content (AvgIpc) is 2.60. The van der Waals surface area contributed by atoms with E-state index in [1.165, 1.54) is 16.7 Å². The second kappa shape index (κ2) is 8.12. The van der Waals surface area contributed by atoms with Crippen molar-refractivity contribution < 1.29 is 4.74 Å². The van der Waals surface area contributed by atoms with Crippen molar-refractivity contribution >= 4 is 0 Å². The summed E-state index contributed by atoms with van der Waals surface area (Å²) in [4.78, 5) is 0. The standard InChI is InChI=1S/C22H26O/c1-18-16-21(14-12-19-8-4-2-5-9-19)23-22(17-18)15-13-20-10-6-3-7-11-20/h2-11,21-22H,1,12-17H2/t21-,22+. The third-order valence-electron chi connectivity index (χ3n) is 4.61. The van der Waals surface area contributed by atoms with Gasteiger partial charge in [-0.1, -0.05) is 72.8 Å². The van der Waals surface area contributed by atoms with E-state index in [0.717, 1.165) is 38.5 Å². The van der Waals surface area contributed by atoms with Gasteiger partial charge in [-0.25, -0.2) is 0 Å². The number of ether oxygens (including phenoxy) is 1. The lowest BCUT2D eigenvalue weighted by Gasteiger charge is -2.32. The second-order valence-electron chi connectivity index (χ2n) is 6.59. The SMILES string of the molecule is C=C1C[C@@H](CCc2ccccc2)O[C@@H](CCc2ccccc2)C1. The molecular formula is C22H26O. The maximum Gasteiger partial charge on any atom is 0.0619 e. The van der Waals surface area contributed by atoms with E-state index in [9.17, 15) is 0 Å². The van der Waals surface area contributed by atoms with Crippen LogP contribution in [-0.2, 0) is 17.6 Å². The molecule has 0 radical (unpaired) electrons. The molecule has 0 aromatic heterocycles. The van der Waals surface area contributed by atoms with Gasteiger partial charge in [0, 0.05) is 0 Å². The highest BCUT2D eigenvalue weighted by molar-refractivity contribution is 5.16. The van der Waals surface area contributed by atoms with Gasteiger partial charge in [0.25, 0.3) is 0 Å². The molecule has 2 aromatic rings. The minimum absolute atomic E-state index is 0.331. The first-order valence-corrected chi connectivity index (χ1v) is 8.69. The Morgan fingerprint density at radius 3 is 1.61 bits per heavy atom. The molecular weight excluding hydrogens is 280 g/mol. The Balaban J connectivity index is 1.49. The Kier molecular flexibility index (Phi) is 5.65. The van der Waals surface area contributed by atoms with Crippen molar-refractivity contribution in [2.24, 2.45) is 0 Å². The van der Waals surface area contributed by atoms with Gasteiger partial charge < -0.3 is 4.74 Å². The van der Waals surface area contributed by atoms with Crippen LogP contribution in [0.5, 0.6) is 0 Å². The molecule has 0 unspecified atom stereocenters. The summed E-state index contributed by atoms with van der Waals surface area (Å²) in [7, 11) is 0. The van der Waals surface area contributed by atoms with E-state index in [-0.39, 0.29) is 0 Å². The molecule has 0 saturated carbocycles. The molecule has 2 atom stereocenters. The van der Waals surface area contributed by atoms with Gasteiger partial charge in [-0.2, -0.15) is 0 Å². The lowest BCUT2D eigenvalue weighted by Crippen LogP contribution is -2.29. The highest BCUT2D eigenvalue weighted by Gasteiger charge is 2.24. The van der Waals surface area contributed by atoms with Crippen molar-refractivity contribution in [2.45, 2.75) is 50.7 Å². The maximum atomic E-state index is 6.34. The molecule has 0 spiro atoms.